The van der Waals surface area contributed by atoms with E-state index < -0.39 is 0 Å². The van der Waals surface area contributed by atoms with Gasteiger partial charge in [-0.1, -0.05) is 6.92 Å². The Morgan fingerprint density at radius 2 is 2.10 bits per heavy atom. The van der Waals surface area contributed by atoms with E-state index in [2.05, 4.69) is 17.6 Å². The van der Waals surface area contributed by atoms with E-state index in [4.69, 9.17) is 0 Å². The molecular formula is C15H30ClN3O2. The molecule has 0 aromatic carbocycles. The highest BCUT2D eigenvalue weighted by Gasteiger charge is 2.24. The monoisotopic (exact) mass is 319 g/mol. The van der Waals surface area contributed by atoms with Crippen LogP contribution in [0.5, 0.6) is 0 Å². The second kappa shape index (κ2) is 10.9. The van der Waals surface area contributed by atoms with Crippen LogP contribution in [0.1, 0.15) is 40.0 Å². The van der Waals surface area contributed by atoms with Gasteiger partial charge in [0.25, 0.3) is 0 Å². The van der Waals surface area contributed by atoms with Gasteiger partial charge in [-0.25, -0.2) is 0 Å². The zero-order chi connectivity index (χ0) is 15.0. The lowest BCUT2D eigenvalue weighted by Crippen LogP contribution is -2.42. The lowest BCUT2D eigenvalue weighted by molar-refractivity contribution is -0.136. The van der Waals surface area contributed by atoms with Crippen molar-refractivity contribution < 1.29 is 9.59 Å². The van der Waals surface area contributed by atoms with E-state index in [0.29, 0.717) is 31.3 Å². The molecule has 1 aliphatic heterocycles. The van der Waals surface area contributed by atoms with Crippen molar-refractivity contribution in [2.24, 2.45) is 11.8 Å². The predicted octanol–water partition coefficient (Wildman–Crippen LogP) is 1.42. The van der Waals surface area contributed by atoms with E-state index in [-0.39, 0.29) is 30.8 Å². The average Bonchev–Trinajstić information content (AvgIpc) is 2.45. The van der Waals surface area contributed by atoms with E-state index in [1.54, 1.807) is 4.90 Å². The summed E-state index contributed by atoms with van der Waals surface area (Å²) in [5.74, 6) is 0.973. The number of carbonyl (C=O) groups excluding carboxylic acids is 2. The van der Waals surface area contributed by atoms with E-state index in [1.807, 2.05) is 13.8 Å². The number of hydrogen-bond acceptors (Lipinski definition) is 3. The number of piperidine rings is 1. The number of carbonyl (C=O) groups is 2. The molecule has 0 aliphatic carbocycles. The van der Waals surface area contributed by atoms with E-state index in [9.17, 15) is 9.59 Å². The normalized spacial score (nSPS) is 19.3. The predicted molar refractivity (Wildman–Crippen MR) is 87.6 cm³/mol. The Balaban J connectivity index is 0.00000400. The third-order valence-corrected chi connectivity index (χ3v) is 4.08. The van der Waals surface area contributed by atoms with Crippen molar-refractivity contribution in [3.63, 3.8) is 0 Å². The second-order valence-electron chi connectivity index (χ2n) is 5.65. The van der Waals surface area contributed by atoms with Gasteiger partial charge in [0.1, 0.15) is 0 Å². The molecule has 5 nitrogen and oxygen atoms in total. The van der Waals surface area contributed by atoms with Crippen LogP contribution in [-0.2, 0) is 9.59 Å². The van der Waals surface area contributed by atoms with Crippen molar-refractivity contribution in [2.75, 3.05) is 32.7 Å². The first-order valence-electron chi connectivity index (χ1n) is 7.83. The number of amides is 2. The minimum Gasteiger partial charge on any atom is -0.355 e. The number of rotatable bonds is 7. The van der Waals surface area contributed by atoms with Crippen LogP contribution in [0.3, 0.4) is 0 Å². The maximum Gasteiger partial charge on any atom is 0.239 e. The Bertz CT molecular complexity index is 320. The Labute approximate surface area is 134 Å². The van der Waals surface area contributed by atoms with Gasteiger partial charge in [-0.15, -0.1) is 12.4 Å². The molecule has 6 heteroatoms. The van der Waals surface area contributed by atoms with Gasteiger partial charge in [0.05, 0.1) is 6.54 Å². The highest BCUT2D eigenvalue weighted by molar-refractivity contribution is 5.85. The molecule has 1 rings (SSSR count). The van der Waals surface area contributed by atoms with Crippen LogP contribution >= 0.6 is 12.4 Å². The Morgan fingerprint density at radius 1 is 1.38 bits per heavy atom. The quantitative estimate of drug-likeness (QED) is 0.746. The fraction of sp³-hybridized carbons (Fsp3) is 0.867. The minimum atomic E-state index is -0.0744. The van der Waals surface area contributed by atoms with Crippen LogP contribution in [0.15, 0.2) is 0 Å². The molecule has 2 atom stereocenters. The van der Waals surface area contributed by atoms with Crippen LogP contribution < -0.4 is 10.6 Å². The van der Waals surface area contributed by atoms with E-state index in [0.717, 1.165) is 13.1 Å². The standard InChI is InChI=1S/C15H29N3O2.ClH/c1-4-17-14(19)11-18(5-2)15(20)9-12(3)13-7-6-8-16-10-13;/h12-13,16H,4-11H2,1-3H3,(H,17,19);1H. The van der Waals surface area contributed by atoms with Gasteiger partial charge in [-0.05, 0) is 51.6 Å². The summed E-state index contributed by atoms with van der Waals surface area (Å²) in [6, 6.07) is 0. The summed E-state index contributed by atoms with van der Waals surface area (Å²) in [5.41, 5.74) is 0. The molecule has 1 saturated heterocycles. The third kappa shape index (κ3) is 7.14. The lowest BCUT2D eigenvalue weighted by Gasteiger charge is -2.29. The van der Waals surface area contributed by atoms with Crippen molar-refractivity contribution in [3.8, 4) is 0 Å². The van der Waals surface area contributed by atoms with E-state index >= 15 is 0 Å². The molecule has 0 saturated carbocycles. The Kier molecular flexibility index (Phi) is 10.4. The van der Waals surface area contributed by atoms with Gasteiger partial charge < -0.3 is 15.5 Å². The summed E-state index contributed by atoms with van der Waals surface area (Å²) >= 11 is 0. The Morgan fingerprint density at radius 3 is 2.62 bits per heavy atom. The largest absolute Gasteiger partial charge is 0.355 e. The van der Waals surface area contributed by atoms with Gasteiger partial charge in [-0.3, -0.25) is 9.59 Å². The summed E-state index contributed by atoms with van der Waals surface area (Å²) in [6.45, 7) is 9.43. The van der Waals surface area contributed by atoms with Crippen molar-refractivity contribution in [2.45, 2.75) is 40.0 Å². The summed E-state index contributed by atoms with van der Waals surface area (Å²) in [7, 11) is 0. The van der Waals surface area contributed by atoms with Crippen molar-refractivity contribution >= 4 is 24.2 Å². The SMILES string of the molecule is CCNC(=O)CN(CC)C(=O)CC(C)C1CCCNC1.Cl. The topological polar surface area (TPSA) is 61.4 Å². The smallest absolute Gasteiger partial charge is 0.239 e. The molecule has 1 aliphatic rings. The van der Waals surface area contributed by atoms with Crippen molar-refractivity contribution in [1.82, 2.24) is 15.5 Å². The summed E-state index contributed by atoms with van der Waals surface area (Å²) in [6.07, 6.45) is 2.93. The van der Waals surface area contributed by atoms with Crippen LogP contribution in [0, 0.1) is 11.8 Å². The van der Waals surface area contributed by atoms with Gasteiger partial charge in [0, 0.05) is 19.5 Å². The molecule has 2 unspecified atom stereocenters. The summed E-state index contributed by atoms with van der Waals surface area (Å²) in [4.78, 5) is 25.5. The summed E-state index contributed by atoms with van der Waals surface area (Å²) in [5, 5.41) is 6.13. The fourth-order valence-electron chi connectivity index (χ4n) is 2.74. The maximum atomic E-state index is 12.3. The summed E-state index contributed by atoms with van der Waals surface area (Å²) < 4.78 is 0. The molecule has 1 heterocycles. The van der Waals surface area contributed by atoms with Gasteiger partial charge >= 0.3 is 0 Å². The first-order chi connectivity index (χ1) is 9.58. The zero-order valence-corrected chi connectivity index (χ0v) is 14.3. The van der Waals surface area contributed by atoms with Gasteiger partial charge in [0.15, 0.2) is 0 Å². The first-order valence-corrected chi connectivity index (χ1v) is 7.83. The number of hydrogen-bond donors (Lipinski definition) is 2. The molecule has 0 aromatic rings. The average molecular weight is 320 g/mol. The molecular weight excluding hydrogens is 290 g/mol. The molecule has 0 bridgehead atoms. The number of nitrogens with zero attached hydrogens (tertiary/aromatic N) is 1. The molecule has 1 fully saturated rings. The first kappa shape index (κ1) is 20.2. The van der Waals surface area contributed by atoms with Crippen molar-refractivity contribution in [3.05, 3.63) is 0 Å². The minimum absolute atomic E-state index is 0. The Hall–Kier alpha value is -0.810. The molecule has 124 valence electrons. The molecule has 21 heavy (non-hydrogen) atoms. The van der Waals surface area contributed by atoms with Gasteiger partial charge in [-0.2, -0.15) is 0 Å². The van der Waals surface area contributed by atoms with Gasteiger partial charge in [0.2, 0.25) is 11.8 Å². The molecule has 0 radical (unpaired) electrons. The van der Waals surface area contributed by atoms with Crippen LogP contribution in [0.4, 0.5) is 0 Å². The number of nitrogens with one attached hydrogen (secondary N) is 2. The van der Waals surface area contributed by atoms with Crippen LogP contribution in [-0.4, -0.2) is 49.4 Å². The maximum absolute atomic E-state index is 12.3. The number of halogens is 1. The highest BCUT2D eigenvalue weighted by Crippen LogP contribution is 2.23. The lowest BCUT2D eigenvalue weighted by atomic mass is 9.85. The highest BCUT2D eigenvalue weighted by atomic mass is 35.5. The van der Waals surface area contributed by atoms with Crippen LogP contribution in [0.2, 0.25) is 0 Å². The van der Waals surface area contributed by atoms with Crippen molar-refractivity contribution in [1.29, 1.82) is 0 Å². The molecule has 2 amide bonds. The molecule has 2 N–H and O–H groups in total. The third-order valence-electron chi connectivity index (χ3n) is 4.08. The zero-order valence-electron chi connectivity index (χ0n) is 13.5. The second-order valence-corrected chi connectivity index (χ2v) is 5.65. The van der Waals surface area contributed by atoms with Crippen LogP contribution in [0.25, 0.3) is 0 Å². The van der Waals surface area contributed by atoms with E-state index in [1.165, 1.54) is 12.8 Å². The molecule has 0 aromatic heterocycles. The molecule has 0 spiro atoms. The number of likely N-dealkylation sites (N-methyl/N-ethyl adjacent to an activating group) is 2. The fourth-order valence-corrected chi connectivity index (χ4v) is 2.74.